The van der Waals surface area contributed by atoms with E-state index in [1.807, 2.05) is 19.1 Å². The average Bonchev–Trinajstić information content (AvgIpc) is 2.25. The second kappa shape index (κ2) is 5.35. The topological polar surface area (TPSA) is 35.2 Å². The Kier molecular flexibility index (Phi) is 3.83. The van der Waals surface area contributed by atoms with E-state index in [1.54, 1.807) is 0 Å². The van der Waals surface area contributed by atoms with Crippen molar-refractivity contribution in [2.45, 2.75) is 38.6 Å². The van der Waals surface area contributed by atoms with Crippen molar-refractivity contribution in [1.29, 1.82) is 0 Å². The first-order chi connectivity index (χ1) is 7.79. The fourth-order valence-corrected chi connectivity index (χ4v) is 2.20. The minimum Gasteiger partial charge on any atom is -0.494 e. The van der Waals surface area contributed by atoms with Crippen LogP contribution in [0.5, 0.6) is 5.75 Å². The van der Waals surface area contributed by atoms with Crippen molar-refractivity contribution in [2.75, 3.05) is 6.61 Å². The SMILES string of the molecule is CCOc1ccc(C(N)CC2CCC2)cc1. The second-order valence-corrected chi connectivity index (χ2v) is 4.64. The Hall–Kier alpha value is -1.02. The molecular formula is C14H21NO. The summed E-state index contributed by atoms with van der Waals surface area (Å²) in [6.45, 7) is 2.71. The van der Waals surface area contributed by atoms with Crippen molar-refractivity contribution in [3.8, 4) is 5.75 Å². The molecule has 0 bridgehead atoms. The summed E-state index contributed by atoms with van der Waals surface area (Å²) < 4.78 is 5.41. The van der Waals surface area contributed by atoms with E-state index in [-0.39, 0.29) is 6.04 Å². The fraction of sp³-hybridized carbons (Fsp3) is 0.571. The first-order valence-corrected chi connectivity index (χ1v) is 6.28. The molecule has 0 aromatic heterocycles. The number of benzene rings is 1. The summed E-state index contributed by atoms with van der Waals surface area (Å²) in [7, 11) is 0. The molecule has 1 atom stereocenters. The molecule has 1 aliphatic rings. The Morgan fingerprint density at radius 3 is 2.50 bits per heavy atom. The molecule has 1 aromatic carbocycles. The lowest BCUT2D eigenvalue weighted by Gasteiger charge is -2.28. The standard InChI is InChI=1S/C14H21NO/c1-2-16-13-8-6-12(7-9-13)14(15)10-11-4-3-5-11/h6-9,11,14H,2-5,10,15H2,1H3. The molecule has 0 heterocycles. The maximum absolute atomic E-state index is 6.19. The van der Waals surface area contributed by atoms with E-state index in [0.717, 1.165) is 18.1 Å². The number of ether oxygens (including phenoxy) is 1. The first-order valence-electron chi connectivity index (χ1n) is 6.28. The smallest absolute Gasteiger partial charge is 0.119 e. The van der Waals surface area contributed by atoms with Gasteiger partial charge in [-0.05, 0) is 37.0 Å². The molecule has 1 aromatic rings. The molecule has 1 unspecified atom stereocenters. The predicted octanol–water partition coefficient (Wildman–Crippen LogP) is 3.28. The number of rotatable bonds is 5. The molecule has 0 saturated heterocycles. The van der Waals surface area contributed by atoms with Gasteiger partial charge in [0, 0.05) is 6.04 Å². The summed E-state index contributed by atoms with van der Waals surface area (Å²) in [5.41, 5.74) is 7.42. The Labute approximate surface area is 97.8 Å². The van der Waals surface area contributed by atoms with Gasteiger partial charge in [0.15, 0.2) is 0 Å². The van der Waals surface area contributed by atoms with Crippen LogP contribution >= 0.6 is 0 Å². The highest BCUT2D eigenvalue weighted by Crippen LogP contribution is 2.33. The quantitative estimate of drug-likeness (QED) is 0.824. The number of hydrogen-bond donors (Lipinski definition) is 1. The normalized spacial score (nSPS) is 17.9. The lowest BCUT2D eigenvalue weighted by Crippen LogP contribution is -2.19. The molecule has 16 heavy (non-hydrogen) atoms. The molecule has 0 spiro atoms. The van der Waals surface area contributed by atoms with E-state index in [0.29, 0.717) is 6.61 Å². The third-order valence-electron chi connectivity index (χ3n) is 3.43. The van der Waals surface area contributed by atoms with Gasteiger partial charge in [0.25, 0.3) is 0 Å². The van der Waals surface area contributed by atoms with Gasteiger partial charge in [0.1, 0.15) is 5.75 Å². The Balaban J connectivity index is 1.91. The highest BCUT2D eigenvalue weighted by Gasteiger charge is 2.20. The fourth-order valence-electron chi connectivity index (χ4n) is 2.20. The monoisotopic (exact) mass is 219 g/mol. The van der Waals surface area contributed by atoms with Crippen molar-refractivity contribution in [3.63, 3.8) is 0 Å². The molecule has 0 amide bonds. The Morgan fingerprint density at radius 2 is 2.00 bits per heavy atom. The van der Waals surface area contributed by atoms with Crippen molar-refractivity contribution in [2.24, 2.45) is 11.7 Å². The maximum atomic E-state index is 6.19. The molecule has 1 aliphatic carbocycles. The Morgan fingerprint density at radius 1 is 1.31 bits per heavy atom. The van der Waals surface area contributed by atoms with Gasteiger partial charge in [-0.1, -0.05) is 31.4 Å². The zero-order valence-electron chi connectivity index (χ0n) is 9.99. The van der Waals surface area contributed by atoms with E-state index in [2.05, 4.69) is 12.1 Å². The van der Waals surface area contributed by atoms with E-state index in [1.165, 1.54) is 24.8 Å². The Bertz CT molecular complexity index is 316. The van der Waals surface area contributed by atoms with Crippen LogP contribution in [0.15, 0.2) is 24.3 Å². The third kappa shape index (κ3) is 2.76. The van der Waals surface area contributed by atoms with Crippen LogP contribution in [0.2, 0.25) is 0 Å². The molecule has 0 radical (unpaired) electrons. The highest BCUT2D eigenvalue weighted by atomic mass is 16.5. The van der Waals surface area contributed by atoms with Crippen LogP contribution in [0, 0.1) is 5.92 Å². The van der Waals surface area contributed by atoms with Gasteiger partial charge >= 0.3 is 0 Å². The lowest BCUT2D eigenvalue weighted by atomic mass is 9.80. The second-order valence-electron chi connectivity index (χ2n) is 4.64. The van der Waals surface area contributed by atoms with Crippen molar-refractivity contribution >= 4 is 0 Å². The minimum absolute atomic E-state index is 0.195. The number of hydrogen-bond acceptors (Lipinski definition) is 2. The van der Waals surface area contributed by atoms with Crippen molar-refractivity contribution < 1.29 is 4.74 Å². The molecule has 2 nitrogen and oxygen atoms in total. The van der Waals surface area contributed by atoms with E-state index in [4.69, 9.17) is 10.5 Å². The van der Waals surface area contributed by atoms with E-state index < -0.39 is 0 Å². The first kappa shape index (κ1) is 11.5. The summed E-state index contributed by atoms with van der Waals surface area (Å²) in [6.07, 6.45) is 5.25. The molecule has 88 valence electrons. The van der Waals surface area contributed by atoms with E-state index in [9.17, 15) is 0 Å². The summed E-state index contributed by atoms with van der Waals surface area (Å²) in [4.78, 5) is 0. The predicted molar refractivity (Wildman–Crippen MR) is 66.5 cm³/mol. The van der Waals surface area contributed by atoms with Crippen LogP contribution in [-0.4, -0.2) is 6.61 Å². The van der Waals surface area contributed by atoms with Crippen molar-refractivity contribution in [1.82, 2.24) is 0 Å². The lowest BCUT2D eigenvalue weighted by molar-refractivity contribution is 0.277. The van der Waals surface area contributed by atoms with Crippen LogP contribution in [0.3, 0.4) is 0 Å². The van der Waals surface area contributed by atoms with Gasteiger partial charge in [0.05, 0.1) is 6.61 Å². The summed E-state index contributed by atoms with van der Waals surface area (Å²) in [5, 5.41) is 0. The van der Waals surface area contributed by atoms with Crippen LogP contribution in [-0.2, 0) is 0 Å². The summed E-state index contributed by atoms with van der Waals surface area (Å²) >= 11 is 0. The van der Waals surface area contributed by atoms with Crippen LogP contribution < -0.4 is 10.5 Å². The zero-order valence-corrected chi connectivity index (χ0v) is 9.99. The van der Waals surface area contributed by atoms with Gasteiger partial charge in [-0.15, -0.1) is 0 Å². The van der Waals surface area contributed by atoms with Crippen LogP contribution in [0.1, 0.15) is 44.2 Å². The highest BCUT2D eigenvalue weighted by molar-refractivity contribution is 5.29. The molecule has 1 fully saturated rings. The molecule has 1 saturated carbocycles. The molecule has 0 aliphatic heterocycles. The van der Waals surface area contributed by atoms with Crippen LogP contribution in [0.4, 0.5) is 0 Å². The molecule has 2 heteroatoms. The number of nitrogens with two attached hydrogens (primary N) is 1. The van der Waals surface area contributed by atoms with Gasteiger partial charge < -0.3 is 10.5 Å². The summed E-state index contributed by atoms with van der Waals surface area (Å²) in [5.74, 6) is 1.80. The van der Waals surface area contributed by atoms with Gasteiger partial charge in [0.2, 0.25) is 0 Å². The van der Waals surface area contributed by atoms with Gasteiger partial charge in [-0.2, -0.15) is 0 Å². The van der Waals surface area contributed by atoms with E-state index >= 15 is 0 Å². The average molecular weight is 219 g/mol. The zero-order chi connectivity index (χ0) is 11.4. The third-order valence-corrected chi connectivity index (χ3v) is 3.43. The van der Waals surface area contributed by atoms with Crippen molar-refractivity contribution in [3.05, 3.63) is 29.8 Å². The maximum Gasteiger partial charge on any atom is 0.119 e. The minimum atomic E-state index is 0.195. The van der Waals surface area contributed by atoms with Gasteiger partial charge in [-0.25, -0.2) is 0 Å². The molecule has 2 N–H and O–H groups in total. The van der Waals surface area contributed by atoms with Crippen LogP contribution in [0.25, 0.3) is 0 Å². The molecular weight excluding hydrogens is 198 g/mol. The van der Waals surface area contributed by atoms with Gasteiger partial charge in [-0.3, -0.25) is 0 Å². The summed E-state index contributed by atoms with van der Waals surface area (Å²) in [6, 6.07) is 8.41. The molecule has 2 rings (SSSR count). The largest absolute Gasteiger partial charge is 0.494 e.